The lowest BCUT2D eigenvalue weighted by Gasteiger charge is -2.20. The highest BCUT2D eigenvalue weighted by Crippen LogP contribution is 2.44. The smallest absolute Gasteiger partial charge is 0.123 e. The number of fused-ring (bicyclic) bond motifs is 16. The number of nitrogens with zero attached hydrogens (tertiary/aromatic N) is 4. The second kappa shape index (κ2) is 38.6. The van der Waals surface area contributed by atoms with Crippen LogP contribution in [0.3, 0.4) is 0 Å². The fourth-order valence-electron chi connectivity index (χ4n) is 15.2. The molecule has 0 radical (unpaired) electrons. The Morgan fingerprint density at radius 2 is 0.415 bits per heavy atom. The molecule has 4 N–H and O–H groups in total. The fraction of sp³-hybridized carbons (Fsp3) is 0.421. The molecular formula is C114H138N8O8. The number of hydrogen-bond acceptors (Lipinski definition) is 12. The number of H-pyrrole nitrogens is 4. The first-order chi connectivity index (χ1) is 61.2. The fourth-order valence-corrected chi connectivity index (χ4v) is 15.2. The topological polar surface area (TPSA) is 189 Å². The van der Waals surface area contributed by atoms with Crippen molar-refractivity contribution in [2.75, 3.05) is 52.9 Å². The van der Waals surface area contributed by atoms with E-state index < -0.39 is 0 Å². The summed E-state index contributed by atoms with van der Waals surface area (Å²) in [6, 6.07) is 46.1. The minimum absolute atomic E-state index is 0.0423. The van der Waals surface area contributed by atoms with Crippen molar-refractivity contribution in [1.29, 1.82) is 0 Å². The third-order valence-corrected chi connectivity index (χ3v) is 23.1. The summed E-state index contributed by atoms with van der Waals surface area (Å²) in [6.45, 7) is 57.9. The molecule has 6 aromatic heterocycles. The number of ether oxygens (including phenoxy) is 8. The lowest BCUT2D eigenvalue weighted by molar-refractivity contribution is 0.233. The van der Waals surface area contributed by atoms with E-state index in [-0.39, 0.29) is 43.3 Å². The summed E-state index contributed by atoms with van der Waals surface area (Å²) in [5.41, 5.74) is 20.3. The average molecular weight is 1750 g/mol. The summed E-state index contributed by atoms with van der Waals surface area (Å²) >= 11 is 0. The molecule has 16 bridgehead atoms. The van der Waals surface area contributed by atoms with Crippen LogP contribution in [-0.2, 0) is 0 Å². The van der Waals surface area contributed by atoms with E-state index >= 15 is 0 Å². The van der Waals surface area contributed by atoms with Crippen LogP contribution in [0.5, 0.6) is 46.0 Å². The van der Waals surface area contributed by atoms with Crippen LogP contribution in [0.1, 0.15) is 274 Å². The van der Waals surface area contributed by atoms with Gasteiger partial charge in [0.15, 0.2) is 0 Å². The Balaban J connectivity index is 1.08. The molecule has 16 nitrogen and oxygen atoms in total. The maximum atomic E-state index is 6.76. The zero-order chi connectivity index (χ0) is 92.9. The Labute approximate surface area is 772 Å². The third kappa shape index (κ3) is 26.4. The van der Waals surface area contributed by atoms with Gasteiger partial charge in [0.05, 0.1) is 121 Å². The predicted octanol–water partition coefficient (Wildman–Crippen LogP) is 30.2. The summed E-state index contributed by atoms with van der Waals surface area (Å²) in [6.07, 6.45) is 23.5. The Kier molecular flexibility index (Phi) is 28.0. The molecule has 0 unspecified atom stereocenters. The second-order valence-corrected chi connectivity index (χ2v) is 45.0. The van der Waals surface area contributed by atoms with Crippen LogP contribution in [0.4, 0.5) is 0 Å². The third-order valence-electron chi connectivity index (χ3n) is 23.1. The molecule has 16 heteroatoms. The van der Waals surface area contributed by atoms with Gasteiger partial charge >= 0.3 is 0 Å². The molecule has 0 amide bonds. The van der Waals surface area contributed by atoms with E-state index in [0.29, 0.717) is 144 Å². The van der Waals surface area contributed by atoms with Crippen molar-refractivity contribution in [3.8, 4) is 102 Å². The summed E-state index contributed by atoms with van der Waals surface area (Å²) in [7, 11) is 0. The van der Waals surface area contributed by atoms with Crippen LogP contribution in [0.15, 0.2) is 133 Å². The van der Waals surface area contributed by atoms with E-state index in [2.05, 4.69) is 356 Å². The highest BCUT2D eigenvalue weighted by molar-refractivity contribution is 5.98. The molecule has 0 fully saturated rings. The molecular weight excluding hydrogens is 1610 g/mol. The molecule has 4 aromatic carbocycles. The highest BCUT2D eigenvalue weighted by atomic mass is 16.5. The molecule has 4 aliphatic rings. The van der Waals surface area contributed by atoms with Crippen molar-refractivity contribution < 1.29 is 37.9 Å². The van der Waals surface area contributed by atoms with Crippen LogP contribution >= 0.6 is 0 Å². The summed E-state index contributed by atoms with van der Waals surface area (Å²) < 4.78 is 54.1. The molecule has 4 aliphatic heterocycles. The summed E-state index contributed by atoms with van der Waals surface area (Å²) in [5, 5.41) is 0. The molecule has 682 valence electrons. The predicted molar refractivity (Wildman–Crippen MR) is 542 cm³/mol. The van der Waals surface area contributed by atoms with Gasteiger partial charge in [0.1, 0.15) is 46.0 Å². The molecule has 130 heavy (non-hydrogen) atoms. The van der Waals surface area contributed by atoms with Crippen LogP contribution in [0, 0.1) is 55.2 Å². The zero-order valence-corrected chi connectivity index (χ0v) is 81.7. The van der Waals surface area contributed by atoms with Crippen LogP contribution in [0.2, 0.25) is 0 Å². The molecule has 10 aromatic rings. The maximum Gasteiger partial charge on any atom is 0.123 e. The van der Waals surface area contributed by atoms with Crippen LogP contribution in [0.25, 0.3) is 137 Å². The standard InChI is InChI=1S/C114H138N8O8/c1-107(2,3)43-51-123-81-59-73(60-82(69-81)124-52-44-108(4,5)6)103-95-31-25-77(115-95)67-78-26-32-96(116-78)104(74-61-83(125-53-45-109(7,8)9)70-84(62-74)126-54-46-110(10,11)12)100-40-36-92(120-100)89(91-35-39-99(103)119-91)29-30-90-93-37-41-101(121-93)105(75-63-85(127-55-47-111(13,14)15)71-86(64-75)128-56-48-112(16,17)18)97-33-27-79(117-97)68-80-28-34-98(118-80)106(102-42-38-94(90)122-102)76-65-87(129-57-49-113(19,20)21)72-88(66-76)130-58-50-114(22,23)24/h25-28,31-42,59-72,115,117,120,122H,43-58H2,1-24H3. The molecule has 14 rings (SSSR count). The van der Waals surface area contributed by atoms with Crippen LogP contribution < -0.4 is 37.9 Å². The Morgan fingerprint density at radius 3 is 0.654 bits per heavy atom. The van der Waals surface area contributed by atoms with E-state index in [0.717, 1.165) is 152 Å². The molecule has 0 atom stereocenters. The second-order valence-electron chi connectivity index (χ2n) is 45.0. The lowest BCUT2D eigenvalue weighted by Crippen LogP contribution is -2.12. The van der Waals surface area contributed by atoms with Crippen molar-refractivity contribution in [3.05, 3.63) is 190 Å². The normalized spacial score (nSPS) is 13.1. The van der Waals surface area contributed by atoms with Gasteiger partial charge in [-0.25, -0.2) is 19.9 Å². The van der Waals surface area contributed by atoms with Gasteiger partial charge in [0.2, 0.25) is 0 Å². The van der Waals surface area contributed by atoms with Crippen molar-refractivity contribution >= 4 is 92.7 Å². The molecule has 0 aliphatic carbocycles. The Hall–Kier alpha value is -12.0. The number of hydrogen-bond donors (Lipinski definition) is 4. The molecule has 0 saturated carbocycles. The number of nitrogens with one attached hydrogen (secondary N) is 4. The first kappa shape index (κ1) is 94.2. The van der Waals surface area contributed by atoms with Gasteiger partial charge in [-0.3, -0.25) is 0 Å². The van der Waals surface area contributed by atoms with E-state index in [1.165, 1.54) is 0 Å². The van der Waals surface area contributed by atoms with Gasteiger partial charge in [-0.05, 0) is 275 Å². The van der Waals surface area contributed by atoms with Crippen molar-refractivity contribution in [3.63, 3.8) is 0 Å². The number of aromatic nitrogens is 8. The van der Waals surface area contributed by atoms with Crippen molar-refractivity contribution in [2.45, 2.75) is 218 Å². The Morgan fingerprint density at radius 1 is 0.215 bits per heavy atom. The number of aromatic amines is 4. The minimum atomic E-state index is 0.0423. The van der Waals surface area contributed by atoms with Crippen molar-refractivity contribution in [1.82, 2.24) is 39.9 Å². The van der Waals surface area contributed by atoms with Gasteiger partial charge in [-0.15, -0.1) is 0 Å². The first-order valence-corrected chi connectivity index (χ1v) is 46.7. The Bertz CT molecular complexity index is 5660. The number of rotatable bonds is 28. The SMILES string of the molecule is CC(C)(C)CCOc1cc(OCCC(C)(C)C)cc(-c2c3nc(c(C#Cc4c5nc(c(-c6cc(OCCC(C)(C)C)cc(OCCC(C)(C)C)c6)c6ccc(cc7nc(c(-c8cc(OCCC(C)(C)C)cc(OCCC(C)(C)C)c8)c8ccc4[nH]8)C=C7)[nH]6)C=C5)c4ccc([nH]4)c(-c4cc(OCCC(C)(C)C)cc(OCCC(C)(C)C)c4)c4nc(cc5ccc2[nH]5)C=C4)C=C3)c1. The minimum Gasteiger partial charge on any atom is -0.493 e. The highest BCUT2D eigenvalue weighted by Gasteiger charge is 2.26. The molecule has 0 saturated heterocycles. The van der Waals surface area contributed by atoms with Crippen molar-refractivity contribution in [2.24, 2.45) is 43.3 Å². The molecule has 10 heterocycles. The quantitative estimate of drug-likeness (QED) is 0.0340. The van der Waals surface area contributed by atoms with E-state index in [4.69, 9.17) is 57.8 Å². The molecule has 0 spiro atoms. The van der Waals surface area contributed by atoms with Crippen LogP contribution in [-0.4, -0.2) is 92.7 Å². The number of benzene rings is 4. The van der Waals surface area contributed by atoms with Gasteiger partial charge in [0, 0.05) is 79.6 Å². The van der Waals surface area contributed by atoms with Gasteiger partial charge < -0.3 is 57.8 Å². The largest absolute Gasteiger partial charge is 0.493 e. The summed E-state index contributed by atoms with van der Waals surface area (Å²) in [5.74, 6) is 13.4. The van der Waals surface area contributed by atoms with E-state index in [9.17, 15) is 0 Å². The van der Waals surface area contributed by atoms with Gasteiger partial charge in [-0.2, -0.15) is 0 Å². The van der Waals surface area contributed by atoms with Gasteiger partial charge in [0.25, 0.3) is 0 Å². The van der Waals surface area contributed by atoms with Gasteiger partial charge in [-0.1, -0.05) is 178 Å². The monoisotopic (exact) mass is 1750 g/mol. The maximum absolute atomic E-state index is 6.76. The lowest BCUT2D eigenvalue weighted by atomic mass is 9.93. The average Bonchev–Trinajstić information content (AvgIpc) is 1.62. The van der Waals surface area contributed by atoms with E-state index in [1.807, 2.05) is 24.3 Å². The first-order valence-electron chi connectivity index (χ1n) is 46.7. The zero-order valence-electron chi connectivity index (χ0n) is 81.7. The summed E-state index contributed by atoms with van der Waals surface area (Å²) in [4.78, 5) is 38.4. The van der Waals surface area contributed by atoms with E-state index in [1.54, 1.807) is 0 Å².